The van der Waals surface area contributed by atoms with Gasteiger partial charge in [0, 0.05) is 12.6 Å². The van der Waals surface area contributed by atoms with Gasteiger partial charge in [-0.25, -0.2) is 4.79 Å². The van der Waals surface area contributed by atoms with Crippen molar-refractivity contribution in [1.82, 2.24) is 15.5 Å². The molecule has 0 aliphatic heterocycles. The Kier molecular flexibility index (Phi) is 5.59. The second kappa shape index (κ2) is 6.73. The van der Waals surface area contributed by atoms with E-state index in [-0.39, 0.29) is 12.5 Å². The van der Waals surface area contributed by atoms with Gasteiger partial charge >= 0.3 is 6.03 Å². The Morgan fingerprint density at radius 1 is 1.28 bits per heavy atom. The topological polar surface area (TPSA) is 61.4 Å². The molecule has 0 saturated heterocycles. The highest BCUT2D eigenvalue weighted by molar-refractivity contribution is 5.95. The van der Waals surface area contributed by atoms with Gasteiger partial charge in [-0.3, -0.25) is 15.0 Å². The van der Waals surface area contributed by atoms with Crippen LogP contribution in [0.4, 0.5) is 4.79 Å². The Hall–Kier alpha value is -1.10. The SMILES string of the molecule is CC(C)CNC(=O)NC(=O)CN(C)C(C)C1CC1. The number of amides is 3. The number of hydrogen-bond donors (Lipinski definition) is 2. The molecule has 0 heterocycles. The Morgan fingerprint density at radius 3 is 2.39 bits per heavy atom. The number of nitrogens with one attached hydrogen (secondary N) is 2. The lowest BCUT2D eigenvalue weighted by Gasteiger charge is -2.23. The summed E-state index contributed by atoms with van der Waals surface area (Å²) >= 11 is 0. The zero-order valence-corrected chi connectivity index (χ0v) is 11.8. The molecule has 1 atom stereocenters. The molecule has 0 aromatic heterocycles. The van der Waals surface area contributed by atoms with Gasteiger partial charge in [0.25, 0.3) is 0 Å². The largest absolute Gasteiger partial charge is 0.338 e. The summed E-state index contributed by atoms with van der Waals surface area (Å²) in [5.41, 5.74) is 0. The first-order valence-corrected chi connectivity index (χ1v) is 6.68. The highest BCUT2D eigenvalue weighted by Crippen LogP contribution is 2.34. The predicted octanol–water partition coefficient (Wildman–Crippen LogP) is 1.20. The molecule has 1 saturated carbocycles. The van der Waals surface area contributed by atoms with E-state index in [9.17, 15) is 9.59 Å². The average molecular weight is 255 g/mol. The van der Waals surface area contributed by atoms with Crippen molar-refractivity contribution in [2.45, 2.75) is 39.7 Å². The Balaban J connectivity index is 2.21. The molecule has 1 rings (SSSR count). The molecule has 18 heavy (non-hydrogen) atoms. The highest BCUT2D eigenvalue weighted by atomic mass is 16.2. The molecule has 0 aromatic carbocycles. The molecule has 0 spiro atoms. The molecule has 0 radical (unpaired) electrons. The van der Waals surface area contributed by atoms with Crippen LogP contribution in [0.2, 0.25) is 0 Å². The van der Waals surface area contributed by atoms with Crippen molar-refractivity contribution in [3.63, 3.8) is 0 Å². The number of carbonyl (C=O) groups is 2. The monoisotopic (exact) mass is 255 g/mol. The van der Waals surface area contributed by atoms with Crippen LogP contribution in [0.1, 0.15) is 33.6 Å². The molecular weight excluding hydrogens is 230 g/mol. The first-order chi connectivity index (χ1) is 8.40. The third kappa shape index (κ3) is 5.49. The van der Waals surface area contributed by atoms with Crippen molar-refractivity contribution in [2.24, 2.45) is 11.8 Å². The van der Waals surface area contributed by atoms with Gasteiger partial charge in [-0.05, 0) is 38.6 Å². The maximum Gasteiger partial charge on any atom is 0.321 e. The van der Waals surface area contributed by atoms with Gasteiger partial charge < -0.3 is 5.32 Å². The van der Waals surface area contributed by atoms with E-state index >= 15 is 0 Å². The van der Waals surface area contributed by atoms with E-state index in [0.29, 0.717) is 18.5 Å². The van der Waals surface area contributed by atoms with E-state index in [2.05, 4.69) is 17.6 Å². The molecule has 1 unspecified atom stereocenters. The number of imide groups is 1. The number of likely N-dealkylation sites (N-methyl/N-ethyl adjacent to an activating group) is 1. The minimum absolute atomic E-state index is 0.244. The van der Waals surface area contributed by atoms with E-state index in [1.165, 1.54) is 12.8 Å². The summed E-state index contributed by atoms with van der Waals surface area (Å²) in [6.45, 7) is 6.99. The fraction of sp³-hybridized carbons (Fsp3) is 0.846. The average Bonchev–Trinajstić information content (AvgIpc) is 3.08. The van der Waals surface area contributed by atoms with Crippen LogP contribution in [0.25, 0.3) is 0 Å². The molecule has 1 fully saturated rings. The maximum atomic E-state index is 11.6. The number of rotatable bonds is 6. The number of hydrogen-bond acceptors (Lipinski definition) is 3. The summed E-state index contributed by atoms with van der Waals surface area (Å²) in [6.07, 6.45) is 2.50. The first kappa shape index (κ1) is 15.0. The second-order valence-electron chi connectivity index (χ2n) is 5.65. The molecule has 104 valence electrons. The minimum Gasteiger partial charge on any atom is -0.338 e. The normalized spacial score (nSPS) is 16.8. The molecule has 1 aliphatic rings. The van der Waals surface area contributed by atoms with Crippen LogP contribution in [0.15, 0.2) is 0 Å². The lowest BCUT2D eigenvalue weighted by molar-refractivity contribution is -0.121. The molecule has 5 nitrogen and oxygen atoms in total. The summed E-state index contributed by atoms with van der Waals surface area (Å²) in [4.78, 5) is 25.0. The summed E-state index contributed by atoms with van der Waals surface area (Å²) in [5, 5.41) is 5.01. The second-order valence-corrected chi connectivity index (χ2v) is 5.65. The van der Waals surface area contributed by atoms with Crippen molar-refractivity contribution in [2.75, 3.05) is 20.1 Å². The molecule has 3 amide bonds. The Bertz CT molecular complexity index is 301. The van der Waals surface area contributed by atoms with Crippen LogP contribution >= 0.6 is 0 Å². The van der Waals surface area contributed by atoms with Crippen molar-refractivity contribution in [3.05, 3.63) is 0 Å². The Labute approximate surface area is 109 Å². The molecule has 0 bridgehead atoms. The predicted molar refractivity (Wildman–Crippen MR) is 71.2 cm³/mol. The number of nitrogens with zero attached hydrogens (tertiary/aromatic N) is 1. The third-order valence-electron chi connectivity index (χ3n) is 3.32. The molecule has 5 heteroatoms. The summed E-state index contributed by atoms with van der Waals surface area (Å²) in [7, 11) is 1.93. The van der Waals surface area contributed by atoms with Gasteiger partial charge in [0.05, 0.1) is 6.54 Å². The smallest absolute Gasteiger partial charge is 0.321 e. The van der Waals surface area contributed by atoms with Crippen molar-refractivity contribution < 1.29 is 9.59 Å². The van der Waals surface area contributed by atoms with E-state index in [1.54, 1.807) is 0 Å². The number of carbonyl (C=O) groups excluding carboxylic acids is 2. The van der Waals surface area contributed by atoms with Crippen LogP contribution < -0.4 is 10.6 Å². The van der Waals surface area contributed by atoms with E-state index in [1.807, 2.05) is 25.8 Å². The zero-order chi connectivity index (χ0) is 13.7. The zero-order valence-electron chi connectivity index (χ0n) is 11.8. The lowest BCUT2D eigenvalue weighted by atomic mass is 10.2. The summed E-state index contributed by atoms with van der Waals surface area (Å²) < 4.78 is 0. The van der Waals surface area contributed by atoms with E-state index < -0.39 is 6.03 Å². The quantitative estimate of drug-likeness (QED) is 0.749. The van der Waals surface area contributed by atoms with Crippen LogP contribution in [-0.4, -0.2) is 43.0 Å². The van der Waals surface area contributed by atoms with Crippen LogP contribution in [0.3, 0.4) is 0 Å². The van der Waals surface area contributed by atoms with Crippen molar-refractivity contribution >= 4 is 11.9 Å². The van der Waals surface area contributed by atoms with Gasteiger partial charge in [-0.2, -0.15) is 0 Å². The maximum absolute atomic E-state index is 11.6. The van der Waals surface area contributed by atoms with Crippen molar-refractivity contribution in [1.29, 1.82) is 0 Å². The lowest BCUT2D eigenvalue weighted by Crippen LogP contribution is -2.46. The van der Waals surface area contributed by atoms with Crippen LogP contribution in [0.5, 0.6) is 0 Å². The standard InChI is InChI=1S/C13H25N3O2/c1-9(2)7-14-13(18)15-12(17)8-16(4)10(3)11-5-6-11/h9-11H,5-8H2,1-4H3,(H2,14,15,17,18). The van der Waals surface area contributed by atoms with E-state index in [4.69, 9.17) is 0 Å². The summed E-state index contributed by atoms with van der Waals surface area (Å²) in [6, 6.07) is 0.00986. The van der Waals surface area contributed by atoms with Crippen LogP contribution in [0, 0.1) is 11.8 Å². The van der Waals surface area contributed by atoms with Crippen molar-refractivity contribution in [3.8, 4) is 0 Å². The number of urea groups is 1. The highest BCUT2D eigenvalue weighted by Gasteiger charge is 2.31. The van der Waals surface area contributed by atoms with E-state index in [0.717, 1.165) is 5.92 Å². The minimum atomic E-state index is -0.402. The van der Waals surface area contributed by atoms with Gasteiger partial charge in [0.2, 0.25) is 5.91 Å². The molecule has 0 aromatic rings. The third-order valence-corrected chi connectivity index (χ3v) is 3.32. The van der Waals surface area contributed by atoms with Crippen LogP contribution in [-0.2, 0) is 4.79 Å². The first-order valence-electron chi connectivity index (χ1n) is 6.68. The van der Waals surface area contributed by atoms with Gasteiger partial charge in [0.15, 0.2) is 0 Å². The fourth-order valence-corrected chi connectivity index (χ4v) is 1.82. The fourth-order valence-electron chi connectivity index (χ4n) is 1.82. The molecular formula is C13H25N3O2. The summed E-state index contributed by atoms with van der Waals surface area (Å²) in [5.74, 6) is 0.854. The molecule has 2 N–H and O–H groups in total. The molecule has 1 aliphatic carbocycles. The van der Waals surface area contributed by atoms with Gasteiger partial charge in [-0.15, -0.1) is 0 Å². The van der Waals surface area contributed by atoms with Gasteiger partial charge in [-0.1, -0.05) is 13.8 Å². The Morgan fingerprint density at radius 2 is 1.89 bits per heavy atom. The van der Waals surface area contributed by atoms with Gasteiger partial charge in [0.1, 0.15) is 0 Å².